The maximum Gasteiger partial charge on any atom is 0.522 e. The summed E-state index contributed by atoms with van der Waals surface area (Å²) in [5.41, 5.74) is 0.873. The Bertz CT molecular complexity index is 412. The molecule has 0 spiro atoms. The molecule has 0 amide bonds. The highest BCUT2D eigenvalue weighted by Gasteiger charge is 2.28. The fraction of sp³-hybridized carbons (Fsp3) is 0.500. The SMILES string of the molecule is CNC(C)c1ccc(Br)cc1OCCOC(F)(F)F. The van der Waals surface area contributed by atoms with Crippen LogP contribution in [0.15, 0.2) is 22.7 Å². The molecule has 0 aliphatic carbocycles. The van der Waals surface area contributed by atoms with Gasteiger partial charge in [-0.3, -0.25) is 4.74 Å². The molecule has 1 unspecified atom stereocenters. The predicted octanol–water partition coefficient (Wildman–Crippen LogP) is 3.64. The van der Waals surface area contributed by atoms with Crippen molar-refractivity contribution in [2.75, 3.05) is 20.3 Å². The van der Waals surface area contributed by atoms with Gasteiger partial charge in [0.1, 0.15) is 12.4 Å². The van der Waals surface area contributed by atoms with Gasteiger partial charge in [0.25, 0.3) is 0 Å². The Balaban J connectivity index is 2.63. The van der Waals surface area contributed by atoms with Crippen molar-refractivity contribution < 1.29 is 22.6 Å². The molecule has 0 bridgehead atoms. The van der Waals surface area contributed by atoms with E-state index in [0.29, 0.717) is 5.75 Å². The van der Waals surface area contributed by atoms with Crippen molar-refractivity contribution in [1.29, 1.82) is 0 Å². The summed E-state index contributed by atoms with van der Waals surface area (Å²) in [6.45, 7) is 1.23. The first kappa shape index (κ1) is 16.3. The lowest BCUT2D eigenvalue weighted by molar-refractivity contribution is -0.325. The molecule has 0 heterocycles. The summed E-state index contributed by atoms with van der Waals surface area (Å²) in [5, 5.41) is 3.05. The van der Waals surface area contributed by atoms with E-state index in [0.717, 1.165) is 10.0 Å². The summed E-state index contributed by atoms with van der Waals surface area (Å²) in [6, 6.07) is 5.45. The third-order valence-corrected chi connectivity index (χ3v) is 2.98. The van der Waals surface area contributed by atoms with Crippen molar-refractivity contribution in [3.05, 3.63) is 28.2 Å². The Morgan fingerprint density at radius 2 is 2.00 bits per heavy atom. The topological polar surface area (TPSA) is 30.5 Å². The van der Waals surface area contributed by atoms with E-state index in [9.17, 15) is 13.2 Å². The fourth-order valence-electron chi connectivity index (χ4n) is 1.46. The van der Waals surface area contributed by atoms with Gasteiger partial charge in [0.15, 0.2) is 0 Å². The van der Waals surface area contributed by atoms with Crippen LogP contribution >= 0.6 is 15.9 Å². The second-order valence-corrected chi connectivity index (χ2v) is 4.75. The molecule has 1 aromatic carbocycles. The molecule has 0 aliphatic heterocycles. The Morgan fingerprint density at radius 1 is 1.32 bits per heavy atom. The first-order valence-corrected chi connectivity index (χ1v) is 6.43. The molecule has 108 valence electrons. The van der Waals surface area contributed by atoms with Crippen LogP contribution in [-0.4, -0.2) is 26.6 Å². The van der Waals surface area contributed by atoms with Crippen LogP contribution in [0.2, 0.25) is 0 Å². The number of rotatable bonds is 6. The Hall–Kier alpha value is -0.790. The summed E-state index contributed by atoms with van der Waals surface area (Å²) in [4.78, 5) is 0. The summed E-state index contributed by atoms with van der Waals surface area (Å²) >= 11 is 3.30. The summed E-state index contributed by atoms with van der Waals surface area (Å²) in [6.07, 6.45) is -4.62. The van der Waals surface area contributed by atoms with Gasteiger partial charge in [0, 0.05) is 16.1 Å². The summed E-state index contributed by atoms with van der Waals surface area (Å²) in [5.74, 6) is 0.530. The zero-order valence-electron chi connectivity index (χ0n) is 10.6. The number of nitrogens with one attached hydrogen (secondary N) is 1. The monoisotopic (exact) mass is 341 g/mol. The number of halogens is 4. The lowest BCUT2D eigenvalue weighted by Gasteiger charge is -2.17. The van der Waals surface area contributed by atoms with Crippen LogP contribution in [0, 0.1) is 0 Å². The molecular formula is C12H15BrF3NO2. The summed E-state index contributed by atoms with van der Waals surface area (Å²) in [7, 11) is 1.79. The molecule has 19 heavy (non-hydrogen) atoms. The number of benzene rings is 1. The van der Waals surface area contributed by atoms with E-state index < -0.39 is 13.0 Å². The Kier molecular flexibility index (Phi) is 6.09. The molecule has 0 fully saturated rings. The molecule has 1 atom stereocenters. The van der Waals surface area contributed by atoms with Crippen molar-refractivity contribution >= 4 is 15.9 Å². The molecule has 1 N–H and O–H groups in total. The van der Waals surface area contributed by atoms with Crippen LogP contribution in [0.5, 0.6) is 5.75 Å². The third kappa shape index (κ3) is 5.80. The number of alkyl halides is 3. The first-order chi connectivity index (χ1) is 8.83. The van der Waals surface area contributed by atoms with Crippen LogP contribution in [0.1, 0.15) is 18.5 Å². The Labute approximate surface area is 118 Å². The van der Waals surface area contributed by atoms with E-state index in [4.69, 9.17) is 4.74 Å². The molecule has 3 nitrogen and oxygen atoms in total. The molecule has 0 aliphatic rings. The smallest absolute Gasteiger partial charge is 0.491 e. The first-order valence-electron chi connectivity index (χ1n) is 5.63. The quantitative estimate of drug-likeness (QED) is 0.801. The summed E-state index contributed by atoms with van der Waals surface area (Å²) < 4.78 is 45.2. The third-order valence-electron chi connectivity index (χ3n) is 2.48. The normalized spacial score (nSPS) is 13.4. The van der Waals surface area contributed by atoms with Gasteiger partial charge in [-0.15, -0.1) is 13.2 Å². The van der Waals surface area contributed by atoms with Gasteiger partial charge in [0.2, 0.25) is 0 Å². The molecule has 0 saturated heterocycles. The van der Waals surface area contributed by atoms with Crippen LogP contribution < -0.4 is 10.1 Å². The van der Waals surface area contributed by atoms with E-state index in [2.05, 4.69) is 26.0 Å². The Morgan fingerprint density at radius 3 is 2.58 bits per heavy atom. The fourth-order valence-corrected chi connectivity index (χ4v) is 1.80. The van der Waals surface area contributed by atoms with E-state index in [1.807, 2.05) is 19.1 Å². The maximum atomic E-state index is 11.8. The average molecular weight is 342 g/mol. The highest BCUT2D eigenvalue weighted by Crippen LogP contribution is 2.28. The van der Waals surface area contributed by atoms with Gasteiger partial charge < -0.3 is 10.1 Å². The number of hydrogen-bond acceptors (Lipinski definition) is 3. The minimum Gasteiger partial charge on any atom is -0.491 e. The van der Waals surface area contributed by atoms with Crippen molar-refractivity contribution in [2.24, 2.45) is 0 Å². The van der Waals surface area contributed by atoms with Crippen molar-refractivity contribution in [2.45, 2.75) is 19.3 Å². The molecule has 0 radical (unpaired) electrons. The minimum atomic E-state index is -4.62. The predicted molar refractivity (Wildman–Crippen MR) is 69.1 cm³/mol. The lowest BCUT2D eigenvalue weighted by Crippen LogP contribution is -2.19. The zero-order valence-corrected chi connectivity index (χ0v) is 12.1. The number of hydrogen-bond donors (Lipinski definition) is 1. The number of ether oxygens (including phenoxy) is 2. The van der Waals surface area contributed by atoms with Crippen molar-refractivity contribution in [3.8, 4) is 5.75 Å². The van der Waals surface area contributed by atoms with Gasteiger partial charge in [0.05, 0.1) is 6.61 Å². The van der Waals surface area contributed by atoms with Crippen molar-refractivity contribution in [3.63, 3.8) is 0 Å². The van der Waals surface area contributed by atoms with Crippen LogP contribution in [0.4, 0.5) is 13.2 Å². The van der Waals surface area contributed by atoms with Gasteiger partial charge in [-0.1, -0.05) is 22.0 Å². The van der Waals surface area contributed by atoms with Crippen LogP contribution in [0.25, 0.3) is 0 Å². The van der Waals surface area contributed by atoms with Gasteiger partial charge in [-0.2, -0.15) is 0 Å². The maximum absolute atomic E-state index is 11.8. The standard InChI is InChI=1S/C12H15BrF3NO2/c1-8(17-2)10-4-3-9(13)7-11(10)18-5-6-19-12(14,15)16/h3-4,7-8,17H,5-6H2,1-2H3. The molecular weight excluding hydrogens is 327 g/mol. The van der Waals surface area contributed by atoms with Crippen LogP contribution in [0.3, 0.4) is 0 Å². The second kappa shape index (κ2) is 7.12. The molecule has 0 saturated carbocycles. The van der Waals surface area contributed by atoms with E-state index in [1.165, 1.54) is 0 Å². The second-order valence-electron chi connectivity index (χ2n) is 3.84. The highest BCUT2D eigenvalue weighted by molar-refractivity contribution is 9.10. The van der Waals surface area contributed by atoms with E-state index in [1.54, 1.807) is 13.1 Å². The zero-order chi connectivity index (χ0) is 14.5. The van der Waals surface area contributed by atoms with E-state index >= 15 is 0 Å². The van der Waals surface area contributed by atoms with Gasteiger partial charge in [-0.25, -0.2) is 0 Å². The largest absolute Gasteiger partial charge is 0.522 e. The van der Waals surface area contributed by atoms with Crippen molar-refractivity contribution in [1.82, 2.24) is 5.32 Å². The lowest BCUT2D eigenvalue weighted by atomic mass is 10.1. The molecule has 1 aromatic rings. The average Bonchev–Trinajstić information content (AvgIpc) is 2.33. The van der Waals surface area contributed by atoms with Gasteiger partial charge >= 0.3 is 6.36 Å². The van der Waals surface area contributed by atoms with Gasteiger partial charge in [-0.05, 0) is 26.1 Å². The molecule has 7 heteroatoms. The van der Waals surface area contributed by atoms with Crippen LogP contribution in [-0.2, 0) is 4.74 Å². The molecule has 0 aromatic heterocycles. The molecule has 1 rings (SSSR count). The highest BCUT2D eigenvalue weighted by atomic mass is 79.9. The minimum absolute atomic E-state index is 0.0339. The van der Waals surface area contributed by atoms with E-state index in [-0.39, 0.29) is 12.6 Å².